The second-order valence-electron chi connectivity index (χ2n) is 5.76. The number of Topliss-reactive ketones (excluding diaryl/α,β-unsaturated/α-hetero) is 1. The van der Waals surface area contributed by atoms with E-state index in [1.807, 2.05) is 37.4 Å². The Morgan fingerprint density at radius 3 is 2.43 bits per heavy atom. The molecule has 0 bridgehead atoms. The fourth-order valence-electron chi connectivity index (χ4n) is 2.05. The minimum absolute atomic E-state index is 0.0127. The molecular formula is C18H18N2O2S. The van der Waals surface area contributed by atoms with Gasteiger partial charge in [-0.05, 0) is 43.0 Å². The number of hydrogen-bond donors (Lipinski definition) is 1. The number of carbonyl (C=O) groups excluding carboxylic acids is 2. The molecule has 0 unspecified atom stereocenters. The molecule has 0 aliphatic heterocycles. The Morgan fingerprint density at radius 1 is 1.17 bits per heavy atom. The van der Waals surface area contributed by atoms with Gasteiger partial charge < -0.3 is 5.32 Å². The number of anilines is 1. The summed E-state index contributed by atoms with van der Waals surface area (Å²) >= 11 is 1.39. The van der Waals surface area contributed by atoms with Crippen molar-refractivity contribution in [3.63, 3.8) is 0 Å². The van der Waals surface area contributed by atoms with Gasteiger partial charge >= 0.3 is 0 Å². The molecular weight excluding hydrogens is 308 g/mol. The van der Waals surface area contributed by atoms with Gasteiger partial charge in [0.2, 0.25) is 5.91 Å². The van der Waals surface area contributed by atoms with Crippen molar-refractivity contribution in [1.82, 2.24) is 0 Å². The molecule has 0 radical (unpaired) electrons. The van der Waals surface area contributed by atoms with Gasteiger partial charge in [-0.2, -0.15) is 5.26 Å². The van der Waals surface area contributed by atoms with Gasteiger partial charge in [0.1, 0.15) is 0 Å². The molecule has 0 spiro atoms. The number of ketones is 1. The molecule has 1 heterocycles. The Bertz CT molecular complexity index is 725. The molecule has 4 nitrogen and oxygen atoms in total. The third-order valence-corrected chi connectivity index (χ3v) is 4.46. The molecule has 0 aliphatic carbocycles. The number of thiophene rings is 1. The molecule has 118 valence electrons. The molecule has 0 fully saturated rings. The lowest BCUT2D eigenvalue weighted by Crippen LogP contribution is -2.15. The van der Waals surface area contributed by atoms with Gasteiger partial charge in [0.15, 0.2) is 5.78 Å². The molecule has 2 aromatic rings. The van der Waals surface area contributed by atoms with Gasteiger partial charge in [0.05, 0.1) is 16.4 Å². The highest BCUT2D eigenvalue weighted by atomic mass is 32.1. The van der Waals surface area contributed by atoms with Crippen LogP contribution in [0.15, 0.2) is 41.8 Å². The molecule has 0 aliphatic rings. The van der Waals surface area contributed by atoms with E-state index in [-0.39, 0.29) is 24.5 Å². The summed E-state index contributed by atoms with van der Waals surface area (Å²) in [7, 11) is 0. The van der Waals surface area contributed by atoms with E-state index in [1.54, 1.807) is 18.2 Å². The van der Waals surface area contributed by atoms with Crippen molar-refractivity contribution < 1.29 is 9.59 Å². The highest BCUT2D eigenvalue weighted by Crippen LogP contribution is 2.23. The molecule has 2 rings (SSSR count). The average molecular weight is 326 g/mol. The lowest BCUT2D eigenvalue weighted by atomic mass is 9.86. The average Bonchev–Trinajstić information content (AvgIpc) is 3.07. The lowest BCUT2D eigenvalue weighted by Gasteiger charge is -2.16. The number of hydrogen-bond acceptors (Lipinski definition) is 4. The van der Waals surface area contributed by atoms with Crippen LogP contribution >= 0.6 is 11.3 Å². The summed E-state index contributed by atoms with van der Waals surface area (Å²) in [6.45, 7) is 3.69. The number of nitrogens with one attached hydrogen (secondary N) is 1. The van der Waals surface area contributed by atoms with Crippen LogP contribution in [0, 0.1) is 11.3 Å². The first-order valence-electron chi connectivity index (χ1n) is 7.31. The minimum atomic E-state index is -0.560. The number of nitriles is 1. The van der Waals surface area contributed by atoms with E-state index in [0.717, 1.165) is 5.56 Å². The van der Waals surface area contributed by atoms with E-state index in [0.29, 0.717) is 10.6 Å². The van der Waals surface area contributed by atoms with Crippen molar-refractivity contribution in [2.24, 2.45) is 0 Å². The van der Waals surface area contributed by atoms with Crippen molar-refractivity contribution in [2.75, 3.05) is 5.32 Å². The maximum atomic E-state index is 11.9. The maximum absolute atomic E-state index is 11.9. The second kappa shape index (κ2) is 7.21. The fraction of sp³-hybridized carbons (Fsp3) is 0.278. The first-order chi connectivity index (χ1) is 10.9. The topological polar surface area (TPSA) is 70.0 Å². The van der Waals surface area contributed by atoms with Crippen molar-refractivity contribution >= 4 is 28.7 Å². The van der Waals surface area contributed by atoms with Crippen LogP contribution in [-0.2, 0) is 10.2 Å². The monoisotopic (exact) mass is 326 g/mol. The van der Waals surface area contributed by atoms with E-state index in [1.165, 1.54) is 11.3 Å². The van der Waals surface area contributed by atoms with Crippen LogP contribution in [0.1, 0.15) is 41.9 Å². The highest BCUT2D eigenvalue weighted by molar-refractivity contribution is 7.12. The molecule has 1 aromatic carbocycles. The van der Waals surface area contributed by atoms with Crippen LogP contribution in [-0.4, -0.2) is 11.7 Å². The van der Waals surface area contributed by atoms with Crippen LogP contribution < -0.4 is 5.32 Å². The number of amides is 1. The van der Waals surface area contributed by atoms with Gasteiger partial charge in [-0.15, -0.1) is 11.3 Å². The first kappa shape index (κ1) is 16.9. The smallest absolute Gasteiger partial charge is 0.224 e. The molecule has 1 amide bonds. The quantitative estimate of drug-likeness (QED) is 0.811. The highest BCUT2D eigenvalue weighted by Gasteiger charge is 2.19. The SMILES string of the molecule is CC(C)(C#N)c1ccc(NC(=O)CCC(=O)c2cccs2)cc1. The fourth-order valence-corrected chi connectivity index (χ4v) is 2.74. The molecule has 5 heteroatoms. The predicted octanol–water partition coefficient (Wildman–Crippen LogP) is 4.15. The van der Waals surface area contributed by atoms with Crippen molar-refractivity contribution in [1.29, 1.82) is 5.26 Å². The van der Waals surface area contributed by atoms with E-state index in [2.05, 4.69) is 11.4 Å². The molecule has 1 aromatic heterocycles. The number of carbonyl (C=O) groups is 2. The number of rotatable bonds is 6. The van der Waals surface area contributed by atoms with Gasteiger partial charge in [-0.1, -0.05) is 18.2 Å². The predicted molar refractivity (Wildman–Crippen MR) is 91.6 cm³/mol. The van der Waals surface area contributed by atoms with E-state index < -0.39 is 5.41 Å². The van der Waals surface area contributed by atoms with Gasteiger partial charge in [-0.3, -0.25) is 9.59 Å². The zero-order chi connectivity index (χ0) is 16.9. The van der Waals surface area contributed by atoms with Crippen LogP contribution in [0.25, 0.3) is 0 Å². The van der Waals surface area contributed by atoms with Crippen molar-refractivity contribution in [3.05, 3.63) is 52.2 Å². The summed E-state index contributed by atoms with van der Waals surface area (Å²) in [5.74, 6) is -0.205. The normalized spacial score (nSPS) is 10.8. The summed E-state index contributed by atoms with van der Waals surface area (Å²) < 4.78 is 0. The van der Waals surface area contributed by atoms with E-state index >= 15 is 0 Å². The van der Waals surface area contributed by atoms with Gasteiger partial charge in [0.25, 0.3) is 0 Å². The number of nitrogens with zero attached hydrogens (tertiary/aromatic N) is 1. The van der Waals surface area contributed by atoms with Crippen molar-refractivity contribution in [2.45, 2.75) is 32.1 Å². The second-order valence-corrected chi connectivity index (χ2v) is 6.71. The van der Waals surface area contributed by atoms with Gasteiger partial charge in [-0.25, -0.2) is 0 Å². The summed E-state index contributed by atoms with van der Waals surface area (Å²) in [5, 5.41) is 13.7. The Hall–Kier alpha value is -2.45. The standard InChI is InChI=1S/C18H18N2O2S/c1-18(2,12-19)13-5-7-14(8-6-13)20-17(22)10-9-15(21)16-4-3-11-23-16/h3-8,11H,9-10H2,1-2H3,(H,20,22). The van der Waals surface area contributed by atoms with Gasteiger partial charge in [0, 0.05) is 18.5 Å². The molecule has 0 atom stereocenters. The Balaban J connectivity index is 1.88. The third kappa shape index (κ3) is 4.51. The van der Waals surface area contributed by atoms with Crippen LogP contribution in [0.5, 0.6) is 0 Å². The maximum Gasteiger partial charge on any atom is 0.224 e. The lowest BCUT2D eigenvalue weighted by molar-refractivity contribution is -0.116. The zero-order valence-corrected chi connectivity index (χ0v) is 13.9. The van der Waals surface area contributed by atoms with Crippen LogP contribution in [0.4, 0.5) is 5.69 Å². The van der Waals surface area contributed by atoms with Crippen molar-refractivity contribution in [3.8, 4) is 6.07 Å². The Morgan fingerprint density at radius 2 is 1.87 bits per heavy atom. The largest absolute Gasteiger partial charge is 0.326 e. The summed E-state index contributed by atoms with van der Waals surface area (Å²) in [6, 6.07) is 13.0. The summed E-state index contributed by atoms with van der Waals surface area (Å²) in [6.07, 6.45) is 0.355. The Kier molecular flexibility index (Phi) is 5.30. The molecule has 0 saturated heterocycles. The Labute approximate surface area is 139 Å². The zero-order valence-electron chi connectivity index (χ0n) is 13.1. The van der Waals surface area contributed by atoms with E-state index in [9.17, 15) is 9.59 Å². The first-order valence-corrected chi connectivity index (χ1v) is 8.19. The summed E-state index contributed by atoms with van der Waals surface area (Å²) in [5.41, 5.74) is 0.997. The van der Waals surface area contributed by atoms with E-state index in [4.69, 9.17) is 5.26 Å². The number of benzene rings is 1. The molecule has 1 N–H and O–H groups in total. The molecule has 0 saturated carbocycles. The molecule has 23 heavy (non-hydrogen) atoms. The van der Waals surface area contributed by atoms with Crippen LogP contribution in [0.2, 0.25) is 0 Å². The third-order valence-electron chi connectivity index (χ3n) is 3.54. The summed E-state index contributed by atoms with van der Waals surface area (Å²) in [4.78, 5) is 24.4. The minimum Gasteiger partial charge on any atom is -0.326 e. The van der Waals surface area contributed by atoms with Crippen LogP contribution in [0.3, 0.4) is 0 Å².